The van der Waals surface area contributed by atoms with Crippen LogP contribution in [0.15, 0.2) is 42.5 Å². The highest BCUT2D eigenvalue weighted by atomic mass is 35.5. The van der Waals surface area contributed by atoms with Gasteiger partial charge in [-0.05, 0) is 49.4 Å². The third kappa shape index (κ3) is 4.94. The lowest BCUT2D eigenvalue weighted by Gasteiger charge is -2.28. The topological polar surface area (TPSA) is 93.9 Å². The Bertz CT molecular complexity index is 851. The lowest BCUT2D eigenvalue weighted by Crippen LogP contribution is -2.36. The smallest absolute Gasteiger partial charge is 0.338 e. The van der Waals surface area contributed by atoms with Crippen molar-refractivity contribution < 1.29 is 19.1 Å². The summed E-state index contributed by atoms with van der Waals surface area (Å²) < 4.78 is 10.6. The highest BCUT2D eigenvalue weighted by Crippen LogP contribution is 2.21. The number of esters is 1. The SMILES string of the molecule is C[C@H](OC(=O)c1ccc(Cl)c(N)c1)C(=O)Nc1ccc(N2CCOCC2)cc1. The fraction of sp³-hybridized carbons (Fsp3) is 0.300. The molecule has 1 fully saturated rings. The Balaban J connectivity index is 1.56. The number of ether oxygens (including phenoxy) is 2. The Morgan fingerprint density at radius 1 is 1.18 bits per heavy atom. The van der Waals surface area contributed by atoms with Crippen LogP contribution in [0.2, 0.25) is 5.02 Å². The Labute approximate surface area is 168 Å². The molecule has 0 bridgehead atoms. The van der Waals surface area contributed by atoms with Crippen LogP contribution in [0.5, 0.6) is 0 Å². The zero-order valence-electron chi connectivity index (χ0n) is 15.5. The molecule has 0 saturated carbocycles. The Hall–Kier alpha value is -2.77. The molecule has 1 aliphatic rings. The van der Waals surface area contributed by atoms with Gasteiger partial charge in [0.1, 0.15) is 0 Å². The number of morpholine rings is 1. The molecule has 1 aliphatic heterocycles. The van der Waals surface area contributed by atoms with Crippen LogP contribution in [-0.2, 0) is 14.3 Å². The molecule has 1 atom stereocenters. The molecule has 28 heavy (non-hydrogen) atoms. The lowest BCUT2D eigenvalue weighted by atomic mass is 10.2. The van der Waals surface area contributed by atoms with Gasteiger partial charge in [-0.1, -0.05) is 11.6 Å². The molecule has 2 aromatic carbocycles. The van der Waals surface area contributed by atoms with Gasteiger partial charge in [0.25, 0.3) is 5.91 Å². The Morgan fingerprint density at radius 3 is 2.50 bits per heavy atom. The van der Waals surface area contributed by atoms with E-state index in [-0.39, 0.29) is 11.3 Å². The zero-order chi connectivity index (χ0) is 20.1. The van der Waals surface area contributed by atoms with Crippen LogP contribution in [-0.4, -0.2) is 44.3 Å². The van der Waals surface area contributed by atoms with Gasteiger partial charge in [0.05, 0.1) is 29.5 Å². The van der Waals surface area contributed by atoms with Crippen molar-refractivity contribution in [3.05, 3.63) is 53.1 Å². The Kier molecular flexibility index (Phi) is 6.38. The largest absolute Gasteiger partial charge is 0.449 e. The normalized spacial score (nSPS) is 15.0. The second-order valence-electron chi connectivity index (χ2n) is 6.42. The summed E-state index contributed by atoms with van der Waals surface area (Å²) in [7, 11) is 0. The molecule has 8 heteroatoms. The number of anilines is 3. The van der Waals surface area contributed by atoms with Gasteiger partial charge in [0.15, 0.2) is 6.10 Å². The maximum absolute atomic E-state index is 12.3. The number of carbonyl (C=O) groups excluding carboxylic acids is 2. The predicted molar refractivity (Wildman–Crippen MR) is 109 cm³/mol. The predicted octanol–water partition coefficient (Wildman–Crippen LogP) is 2.94. The number of nitrogens with one attached hydrogen (secondary N) is 1. The average Bonchev–Trinajstić information content (AvgIpc) is 2.71. The van der Waals surface area contributed by atoms with Crippen LogP contribution in [0, 0.1) is 0 Å². The minimum Gasteiger partial charge on any atom is -0.449 e. The van der Waals surface area contributed by atoms with Crippen LogP contribution in [0.4, 0.5) is 17.1 Å². The molecule has 0 aliphatic carbocycles. The summed E-state index contributed by atoms with van der Waals surface area (Å²) in [6.45, 7) is 4.61. The number of nitrogens with two attached hydrogens (primary N) is 1. The molecule has 1 heterocycles. The van der Waals surface area contributed by atoms with E-state index in [0.29, 0.717) is 23.9 Å². The molecule has 1 saturated heterocycles. The number of nitrogen functional groups attached to an aromatic ring is 1. The molecule has 2 aromatic rings. The molecule has 0 aromatic heterocycles. The maximum atomic E-state index is 12.3. The number of rotatable bonds is 5. The van der Waals surface area contributed by atoms with E-state index in [1.165, 1.54) is 25.1 Å². The number of carbonyl (C=O) groups is 2. The molecular weight excluding hydrogens is 382 g/mol. The van der Waals surface area contributed by atoms with Gasteiger partial charge in [0, 0.05) is 24.5 Å². The van der Waals surface area contributed by atoms with Crippen molar-refractivity contribution >= 4 is 40.5 Å². The molecule has 3 N–H and O–H groups in total. The van der Waals surface area contributed by atoms with E-state index in [0.717, 1.165) is 18.8 Å². The van der Waals surface area contributed by atoms with E-state index in [4.69, 9.17) is 26.8 Å². The molecule has 0 spiro atoms. The molecule has 7 nitrogen and oxygen atoms in total. The van der Waals surface area contributed by atoms with Crippen molar-refractivity contribution in [2.75, 3.05) is 42.3 Å². The number of benzene rings is 2. The van der Waals surface area contributed by atoms with E-state index in [1.54, 1.807) is 0 Å². The van der Waals surface area contributed by atoms with E-state index < -0.39 is 18.0 Å². The second-order valence-corrected chi connectivity index (χ2v) is 6.83. The molecule has 148 valence electrons. The first-order chi connectivity index (χ1) is 13.4. The first-order valence-corrected chi connectivity index (χ1v) is 9.31. The number of hydrogen-bond acceptors (Lipinski definition) is 6. The van der Waals surface area contributed by atoms with Crippen molar-refractivity contribution in [1.29, 1.82) is 0 Å². The quantitative estimate of drug-likeness (QED) is 0.589. The van der Waals surface area contributed by atoms with Gasteiger partial charge in [-0.25, -0.2) is 4.79 Å². The fourth-order valence-corrected chi connectivity index (χ4v) is 2.89. The van der Waals surface area contributed by atoms with Crippen molar-refractivity contribution in [2.24, 2.45) is 0 Å². The summed E-state index contributed by atoms with van der Waals surface area (Å²) in [5.74, 6) is -1.07. The van der Waals surface area contributed by atoms with E-state index >= 15 is 0 Å². The van der Waals surface area contributed by atoms with Gasteiger partial charge in [-0.15, -0.1) is 0 Å². The van der Waals surface area contributed by atoms with Crippen LogP contribution < -0.4 is 16.0 Å². The number of hydrogen-bond donors (Lipinski definition) is 2. The molecule has 1 amide bonds. The summed E-state index contributed by atoms with van der Waals surface area (Å²) in [5.41, 5.74) is 7.89. The lowest BCUT2D eigenvalue weighted by molar-refractivity contribution is -0.123. The third-order valence-electron chi connectivity index (χ3n) is 4.40. The molecular formula is C20H22ClN3O4. The summed E-state index contributed by atoms with van der Waals surface area (Å²) in [6, 6.07) is 11.9. The highest BCUT2D eigenvalue weighted by Gasteiger charge is 2.20. The fourth-order valence-electron chi connectivity index (χ4n) is 2.77. The first kappa shape index (κ1) is 20.0. The summed E-state index contributed by atoms with van der Waals surface area (Å²) in [5, 5.41) is 3.09. The van der Waals surface area contributed by atoms with Crippen LogP contribution >= 0.6 is 11.6 Å². The standard InChI is InChI=1S/C20H22ClN3O4/c1-13(28-20(26)14-2-7-17(21)18(22)12-14)19(25)23-15-3-5-16(6-4-15)24-8-10-27-11-9-24/h2-7,12-13H,8-11,22H2,1H3,(H,23,25)/t13-/m0/s1. The van der Waals surface area contributed by atoms with Crippen molar-refractivity contribution in [2.45, 2.75) is 13.0 Å². The summed E-state index contributed by atoms with van der Waals surface area (Å²) >= 11 is 5.84. The number of nitrogens with zero attached hydrogens (tertiary/aromatic N) is 1. The molecule has 0 radical (unpaired) electrons. The van der Waals surface area contributed by atoms with Crippen molar-refractivity contribution in [1.82, 2.24) is 0 Å². The Morgan fingerprint density at radius 2 is 1.86 bits per heavy atom. The van der Waals surface area contributed by atoms with E-state index in [1.807, 2.05) is 24.3 Å². The van der Waals surface area contributed by atoms with Gasteiger partial charge in [0.2, 0.25) is 0 Å². The second kappa shape index (κ2) is 8.95. The van der Waals surface area contributed by atoms with Crippen LogP contribution in [0.25, 0.3) is 0 Å². The molecule has 0 unspecified atom stereocenters. The van der Waals surface area contributed by atoms with Crippen LogP contribution in [0.3, 0.4) is 0 Å². The van der Waals surface area contributed by atoms with Crippen molar-refractivity contribution in [3.8, 4) is 0 Å². The van der Waals surface area contributed by atoms with Gasteiger partial charge in [-0.2, -0.15) is 0 Å². The van der Waals surface area contributed by atoms with Gasteiger partial charge >= 0.3 is 5.97 Å². The monoisotopic (exact) mass is 403 g/mol. The van der Waals surface area contributed by atoms with Gasteiger partial charge in [-0.3, -0.25) is 4.79 Å². The number of halogens is 1. The summed E-state index contributed by atoms with van der Waals surface area (Å²) in [6.07, 6.45) is -0.969. The minimum absolute atomic E-state index is 0.233. The third-order valence-corrected chi connectivity index (χ3v) is 4.74. The first-order valence-electron chi connectivity index (χ1n) is 8.93. The highest BCUT2D eigenvalue weighted by molar-refractivity contribution is 6.33. The molecule has 3 rings (SSSR count). The van der Waals surface area contributed by atoms with E-state index in [2.05, 4.69) is 10.2 Å². The summed E-state index contributed by atoms with van der Waals surface area (Å²) in [4.78, 5) is 26.7. The zero-order valence-corrected chi connectivity index (χ0v) is 16.2. The van der Waals surface area contributed by atoms with Crippen molar-refractivity contribution in [3.63, 3.8) is 0 Å². The van der Waals surface area contributed by atoms with Crippen LogP contribution in [0.1, 0.15) is 17.3 Å². The average molecular weight is 404 g/mol. The van der Waals surface area contributed by atoms with Gasteiger partial charge < -0.3 is 25.4 Å². The maximum Gasteiger partial charge on any atom is 0.338 e. The minimum atomic E-state index is -0.969. The van der Waals surface area contributed by atoms with E-state index in [9.17, 15) is 9.59 Å². The number of amides is 1.